The topological polar surface area (TPSA) is 113 Å². The first kappa shape index (κ1) is 15.0. The summed E-state index contributed by atoms with van der Waals surface area (Å²) in [6, 6.07) is 3.91. The number of rotatable bonds is 6. The number of hydrogen-bond acceptors (Lipinski definition) is 4. The van der Waals surface area contributed by atoms with Gasteiger partial charge in [-0.3, -0.25) is 4.79 Å². The molecule has 1 aromatic rings. The van der Waals surface area contributed by atoms with Crippen molar-refractivity contribution in [1.82, 2.24) is 0 Å². The van der Waals surface area contributed by atoms with Crippen molar-refractivity contribution in [2.75, 3.05) is 11.9 Å². The summed E-state index contributed by atoms with van der Waals surface area (Å²) in [7, 11) is 0. The van der Waals surface area contributed by atoms with Gasteiger partial charge in [0.1, 0.15) is 11.3 Å². The molecular formula is C13H18N2O4. The number of phenols is 1. The Labute approximate surface area is 111 Å². The van der Waals surface area contributed by atoms with E-state index in [1.165, 1.54) is 18.2 Å². The lowest BCUT2D eigenvalue weighted by Gasteiger charge is -2.09. The zero-order chi connectivity index (χ0) is 14.4. The van der Waals surface area contributed by atoms with Crippen molar-refractivity contribution in [3.05, 3.63) is 23.8 Å². The van der Waals surface area contributed by atoms with Gasteiger partial charge >= 0.3 is 5.97 Å². The van der Waals surface area contributed by atoms with E-state index < -0.39 is 5.97 Å². The van der Waals surface area contributed by atoms with Crippen molar-refractivity contribution in [2.24, 2.45) is 11.7 Å². The number of nitrogens with two attached hydrogens (primary N) is 1. The minimum Gasteiger partial charge on any atom is -0.507 e. The van der Waals surface area contributed by atoms with Crippen LogP contribution < -0.4 is 11.1 Å². The normalized spacial score (nSPS) is 11.9. The van der Waals surface area contributed by atoms with Gasteiger partial charge in [0, 0.05) is 12.1 Å². The molecule has 0 aromatic heterocycles. The van der Waals surface area contributed by atoms with Crippen molar-refractivity contribution in [2.45, 2.75) is 19.8 Å². The molecule has 0 aliphatic heterocycles. The molecule has 1 rings (SSSR count). The number of carbonyl (C=O) groups is 2. The molecule has 104 valence electrons. The zero-order valence-electron chi connectivity index (χ0n) is 10.7. The first-order valence-corrected chi connectivity index (χ1v) is 6.00. The van der Waals surface area contributed by atoms with Crippen LogP contribution in [0.15, 0.2) is 18.2 Å². The van der Waals surface area contributed by atoms with Crippen LogP contribution in [0.5, 0.6) is 5.75 Å². The third-order valence-corrected chi connectivity index (χ3v) is 2.78. The number of benzene rings is 1. The Morgan fingerprint density at radius 1 is 1.42 bits per heavy atom. The first-order chi connectivity index (χ1) is 8.93. The van der Waals surface area contributed by atoms with Crippen LogP contribution in [-0.2, 0) is 4.79 Å². The molecule has 6 heteroatoms. The number of amides is 1. The van der Waals surface area contributed by atoms with Crippen LogP contribution in [-0.4, -0.2) is 28.6 Å². The van der Waals surface area contributed by atoms with Crippen LogP contribution in [0.1, 0.15) is 30.1 Å². The lowest BCUT2D eigenvalue weighted by molar-refractivity contribution is -0.116. The van der Waals surface area contributed by atoms with E-state index in [1.54, 1.807) is 0 Å². The van der Waals surface area contributed by atoms with Crippen LogP contribution in [0.2, 0.25) is 0 Å². The van der Waals surface area contributed by atoms with Crippen LogP contribution in [0.3, 0.4) is 0 Å². The Kier molecular flexibility index (Phi) is 5.32. The highest BCUT2D eigenvalue weighted by Gasteiger charge is 2.12. The lowest BCUT2D eigenvalue weighted by atomic mass is 10.1. The van der Waals surface area contributed by atoms with Crippen molar-refractivity contribution >= 4 is 17.6 Å². The molecule has 0 radical (unpaired) electrons. The second kappa shape index (κ2) is 6.75. The average Bonchev–Trinajstić information content (AvgIpc) is 2.37. The summed E-state index contributed by atoms with van der Waals surface area (Å²) < 4.78 is 0. The van der Waals surface area contributed by atoms with Gasteiger partial charge in [-0.05, 0) is 37.1 Å². The minimum absolute atomic E-state index is 0.206. The maximum atomic E-state index is 11.6. The summed E-state index contributed by atoms with van der Waals surface area (Å²) >= 11 is 0. The Hall–Kier alpha value is -2.08. The standard InChI is InChI=1S/C13H18N2O4/c1-8(7-14)2-5-12(17)15-9-3-4-11(16)10(6-9)13(18)19/h3-4,6,8,16H,2,5,7,14H2,1H3,(H,15,17)(H,18,19). The average molecular weight is 266 g/mol. The quantitative estimate of drug-likeness (QED) is 0.581. The van der Waals surface area contributed by atoms with Gasteiger partial charge in [-0.2, -0.15) is 0 Å². The van der Waals surface area contributed by atoms with E-state index in [2.05, 4.69) is 5.32 Å². The monoisotopic (exact) mass is 266 g/mol. The van der Waals surface area contributed by atoms with Crippen molar-refractivity contribution in [3.8, 4) is 5.75 Å². The Balaban J connectivity index is 2.64. The second-order valence-corrected chi connectivity index (χ2v) is 4.46. The fourth-order valence-electron chi connectivity index (χ4n) is 1.50. The predicted molar refractivity (Wildman–Crippen MR) is 71.1 cm³/mol. The molecule has 19 heavy (non-hydrogen) atoms. The highest BCUT2D eigenvalue weighted by molar-refractivity contribution is 5.95. The molecule has 0 aliphatic rings. The molecular weight excluding hydrogens is 248 g/mol. The highest BCUT2D eigenvalue weighted by atomic mass is 16.4. The molecule has 0 aliphatic carbocycles. The van der Waals surface area contributed by atoms with Gasteiger partial charge in [-0.15, -0.1) is 0 Å². The number of aromatic carboxylic acids is 1. The molecule has 1 atom stereocenters. The first-order valence-electron chi connectivity index (χ1n) is 6.00. The van der Waals surface area contributed by atoms with Gasteiger partial charge in [0.05, 0.1) is 0 Å². The number of anilines is 1. The van der Waals surface area contributed by atoms with Crippen LogP contribution in [0.4, 0.5) is 5.69 Å². The number of hydrogen-bond donors (Lipinski definition) is 4. The van der Waals surface area contributed by atoms with E-state index in [0.717, 1.165) is 0 Å². The fraction of sp³-hybridized carbons (Fsp3) is 0.385. The molecule has 1 aromatic carbocycles. The molecule has 0 saturated carbocycles. The van der Waals surface area contributed by atoms with Gasteiger partial charge in [0.25, 0.3) is 0 Å². The smallest absolute Gasteiger partial charge is 0.339 e. The van der Waals surface area contributed by atoms with Crippen molar-refractivity contribution < 1.29 is 19.8 Å². The number of aromatic hydroxyl groups is 1. The molecule has 1 unspecified atom stereocenters. The summed E-state index contributed by atoms with van der Waals surface area (Å²) in [5.74, 6) is -1.52. The van der Waals surface area contributed by atoms with E-state index in [-0.39, 0.29) is 23.1 Å². The second-order valence-electron chi connectivity index (χ2n) is 4.46. The van der Waals surface area contributed by atoms with Crippen LogP contribution in [0, 0.1) is 5.92 Å². The molecule has 0 spiro atoms. The molecule has 0 fully saturated rings. The van der Waals surface area contributed by atoms with E-state index in [1.807, 2.05) is 6.92 Å². The summed E-state index contributed by atoms with van der Waals surface area (Å²) in [6.45, 7) is 2.48. The molecule has 5 N–H and O–H groups in total. The Morgan fingerprint density at radius 3 is 2.68 bits per heavy atom. The van der Waals surface area contributed by atoms with Gasteiger partial charge in [-0.1, -0.05) is 6.92 Å². The van der Waals surface area contributed by atoms with E-state index in [0.29, 0.717) is 25.1 Å². The largest absolute Gasteiger partial charge is 0.507 e. The third-order valence-electron chi connectivity index (χ3n) is 2.78. The van der Waals surface area contributed by atoms with E-state index in [9.17, 15) is 14.7 Å². The van der Waals surface area contributed by atoms with Crippen LogP contribution >= 0.6 is 0 Å². The van der Waals surface area contributed by atoms with Gasteiger partial charge in [0.2, 0.25) is 5.91 Å². The number of carboxylic acids is 1. The molecule has 0 heterocycles. The molecule has 6 nitrogen and oxygen atoms in total. The summed E-state index contributed by atoms with van der Waals surface area (Å²) in [5, 5.41) is 20.8. The lowest BCUT2D eigenvalue weighted by Crippen LogP contribution is -2.16. The van der Waals surface area contributed by atoms with Crippen molar-refractivity contribution in [3.63, 3.8) is 0 Å². The maximum Gasteiger partial charge on any atom is 0.339 e. The highest BCUT2D eigenvalue weighted by Crippen LogP contribution is 2.21. The van der Waals surface area contributed by atoms with Gasteiger partial charge in [0.15, 0.2) is 0 Å². The summed E-state index contributed by atoms with van der Waals surface area (Å²) in [6.07, 6.45) is 0.994. The van der Waals surface area contributed by atoms with Crippen LogP contribution in [0.25, 0.3) is 0 Å². The van der Waals surface area contributed by atoms with Crippen molar-refractivity contribution in [1.29, 1.82) is 0 Å². The minimum atomic E-state index is -1.25. The molecule has 1 amide bonds. The van der Waals surface area contributed by atoms with E-state index in [4.69, 9.17) is 10.8 Å². The molecule has 0 bridgehead atoms. The van der Waals surface area contributed by atoms with Gasteiger partial charge < -0.3 is 21.3 Å². The number of carbonyl (C=O) groups excluding carboxylic acids is 1. The third kappa shape index (κ3) is 4.59. The molecule has 0 saturated heterocycles. The maximum absolute atomic E-state index is 11.6. The summed E-state index contributed by atoms with van der Waals surface area (Å²) in [5.41, 5.74) is 5.56. The number of carboxylic acid groups (broad SMARTS) is 1. The SMILES string of the molecule is CC(CN)CCC(=O)Nc1ccc(O)c(C(=O)O)c1. The zero-order valence-corrected chi connectivity index (χ0v) is 10.7. The predicted octanol–water partition coefficient (Wildman–Crippen LogP) is 1.40. The Bertz CT molecular complexity index is 474. The summed E-state index contributed by atoms with van der Waals surface area (Å²) in [4.78, 5) is 22.5. The number of nitrogens with one attached hydrogen (secondary N) is 1. The Morgan fingerprint density at radius 2 is 2.11 bits per heavy atom. The van der Waals surface area contributed by atoms with Gasteiger partial charge in [-0.25, -0.2) is 4.79 Å². The van der Waals surface area contributed by atoms with E-state index >= 15 is 0 Å². The fourth-order valence-corrected chi connectivity index (χ4v) is 1.50.